The molecule has 1 heterocycles. The summed E-state index contributed by atoms with van der Waals surface area (Å²) in [6.07, 6.45) is 4.86. The standard InChI is InChI=1S/C13H20BrN3OS/c1-8(2)11-12(19-17-16-11)13(18)15-7-9-4-3-5-10(14)6-9/h8-10H,3-7H2,1-2H3,(H,15,18). The number of rotatable bonds is 4. The normalized spacial score (nSPS) is 23.6. The maximum absolute atomic E-state index is 12.2. The number of nitrogens with zero attached hydrogens (tertiary/aromatic N) is 2. The van der Waals surface area contributed by atoms with E-state index in [4.69, 9.17) is 0 Å². The van der Waals surface area contributed by atoms with Crippen molar-refractivity contribution in [1.29, 1.82) is 0 Å². The van der Waals surface area contributed by atoms with Gasteiger partial charge in [-0.15, -0.1) is 5.10 Å². The third-order valence-corrected chi connectivity index (χ3v) is 5.11. The van der Waals surface area contributed by atoms with Gasteiger partial charge in [-0.2, -0.15) is 0 Å². The third kappa shape index (κ3) is 3.99. The van der Waals surface area contributed by atoms with Crippen molar-refractivity contribution in [3.8, 4) is 0 Å². The summed E-state index contributed by atoms with van der Waals surface area (Å²) < 4.78 is 3.89. The van der Waals surface area contributed by atoms with Gasteiger partial charge in [-0.3, -0.25) is 4.79 Å². The number of aromatic nitrogens is 2. The summed E-state index contributed by atoms with van der Waals surface area (Å²) in [6.45, 7) is 4.82. The van der Waals surface area contributed by atoms with Gasteiger partial charge in [0.1, 0.15) is 4.88 Å². The van der Waals surface area contributed by atoms with Gasteiger partial charge >= 0.3 is 0 Å². The van der Waals surface area contributed by atoms with E-state index in [-0.39, 0.29) is 11.8 Å². The molecule has 0 spiro atoms. The van der Waals surface area contributed by atoms with Crippen molar-refractivity contribution in [2.24, 2.45) is 5.92 Å². The molecule has 1 aromatic rings. The number of hydrogen-bond donors (Lipinski definition) is 1. The molecule has 0 bridgehead atoms. The Morgan fingerprint density at radius 2 is 2.32 bits per heavy atom. The lowest BCUT2D eigenvalue weighted by molar-refractivity contribution is 0.0946. The first-order valence-electron chi connectivity index (χ1n) is 6.82. The maximum Gasteiger partial charge on any atom is 0.264 e. The van der Waals surface area contributed by atoms with Crippen molar-refractivity contribution in [3.63, 3.8) is 0 Å². The summed E-state index contributed by atoms with van der Waals surface area (Å²) in [7, 11) is 0. The van der Waals surface area contributed by atoms with E-state index in [0.29, 0.717) is 15.6 Å². The zero-order valence-electron chi connectivity index (χ0n) is 11.4. The number of carbonyl (C=O) groups excluding carboxylic acids is 1. The highest BCUT2D eigenvalue weighted by Crippen LogP contribution is 2.28. The van der Waals surface area contributed by atoms with Gasteiger partial charge in [0.05, 0.1) is 5.69 Å². The lowest BCUT2D eigenvalue weighted by Crippen LogP contribution is -2.32. The fraction of sp³-hybridized carbons (Fsp3) is 0.769. The Morgan fingerprint density at radius 3 is 3.00 bits per heavy atom. The largest absolute Gasteiger partial charge is 0.351 e. The van der Waals surface area contributed by atoms with Crippen LogP contribution in [0.5, 0.6) is 0 Å². The van der Waals surface area contributed by atoms with Crippen LogP contribution < -0.4 is 5.32 Å². The van der Waals surface area contributed by atoms with Crippen LogP contribution in [0, 0.1) is 5.92 Å². The predicted octanol–water partition coefficient (Wildman–Crippen LogP) is 3.35. The van der Waals surface area contributed by atoms with Crippen molar-refractivity contribution < 1.29 is 4.79 Å². The van der Waals surface area contributed by atoms with E-state index in [2.05, 4.69) is 30.8 Å². The van der Waals surface area contributed by atoms with Crippen LogP contribution in [0.1, 0.15) is 60.8 Å². The van der Waals surface area contributed by atoms with Crippen LogP contribution in [0.3, 0.4) is 0 Å². The highest BCUT2D eigenvalue weighted by atomic mass is 79.9. The highest BCUT2D eigenvalue weighted by Gasteiger charge is 2.22. The van der Waals surface area contributed by atoms with E-state index >= 15 is 0 Å². The van der Waals surface area contributed by atoms with E-state index in [0.717, 1.165) is 18.7 Å². The maximum atomic E-state index is 12.2. The summed E-state index contributed by atoms with van der Waals surface area (Å²) >= 11 is 4.87. The molecule has 1 saturated carbocycles. The smallest absolute Gasteiger partial charge is 0.264 e. The first-order valence-corrected chi connectivity index (χ1v) is 8.51. The zero-order valence-corrected chi connectivity index (χ0v) is 13.8. The van der Waals surface area contributed by atoms with Gasteiger partial charge < -0.3 is 5.32 Å². The fourth-order valence-corrected chi connectivity index (χ4v) is 4.05. The van der Waals surface area contributed by atoms with Crippen molar-refractivity contribution in [2.45, 2.75) is 50.3 Å². The summed E-state index contributed by atoms with van der Waals surface area (Å²) in [6, 6.07) is 0. The molecule has 2 atom stereocenters. The molecule has 1 N–H and O–H groups in total. The second-order valence-corrected chi connectivity index (χ2v) is 7.53. The number of carbonyl (C=O) groups is 1. The molecule has 1 aliphatic rings. The minimum Gasteiger partial charge on any atom is -0.351 e. The highest BCUT2D eigenvalue weighted by molar-refractivity contribution is 9.09. The Kier molecular flexibility index (Phi) is 5.33. The average molecular weight is 346 g/mol. The first kappa shape index (κ1) is 14.9. The van der Waals surface area contributed by atoms with Crippen LogP contribution in [-0.4, -0.2) is 26.9 Å². The van der Waals surface area contributed by atoms with Gasteiger partial charge in [-0.05, 0) is 42.6 Å². The summed E-state index contributed by atoms with van der Waals surface area (Å²) in [4.78, 5) is 13.4. The van der Waals surface area contributed by atoms with Crippen LogP contribution in [0.15, 0.2) is 0 Å². The minimum atomic E-state index is -0.0182. The van der Waals surface area contributed by atoms with Crippen LogP contribution in [0.2, 0.25) is 0 Å². The summed E-state index contributed by atoms with van der Waals surface area (Å²) in [5, 5.41) is 7.09. The number of hydrogen-bond acceptors (Lipinski definition) is 4. The molecule has 2 unspecified atom stereocenters. The second kappa shape index (κ2) is 6.79. The van der Waals surface area contributed by atoms with E-state index in [1.54, 1.807) is 0 Å². The first-order chi connectivity index (χ1) is 9.08. The van der Waals surface area contributed by atoms with Gasteiger partial charge in [0.2, 0.25) is 0 Å². The SMILES string of the molecule is CC(C)c1nnsc1C(=O)NCC1CCCC(Br)C1. The Balaban J connectivity index is 1.88. The lowest BCUT2D eigenvalue weighted by Gasteiger charge is -2.25. The molecule has 2 rings (SSSR count). The molecule has 106 valence electrons. The molecular weight excluding hydrogens is 326 g/mol. The van der Waals surface area contributed by atoms with Crippen molar-refractivity contribution in [3.05, 3.63) is 10.6 Å². The van der Waals surface area contributed by atoms with Crippen molar-refractivity contribution in [1.82, 2.24) is 14.9 Å². The molecule has 0 aromatic carbocycles. The molecule has 1 aliphatic carbocycles. The van der Waals surface area contributed by atoms with E-state index in [1.807, 2.05) is 13.8 Å². The number of nitrogens with one attached hydrogen (secondary N) is 1. The van der Waals surface area contributed by atoms with Crippen LogP contribution in [-0.2, 0) is 0 Å². The zero-order chi connectivity index (χ0) is 13.8. The minimum absolute atomic E-state index is 0.0182. The van der Waals surface area contributed by atoms with Gasteiger partial charge in [0.25, 0.3) is 5.91 Å². The summed E-state index contributed by atoms with van der Waals surface area (Å²) in [5.41, 5.74) is 0.810. The monoisotopic (exact) mass is 345 g/mol. The summed E-state index contributed by atoms with van der Waals surface area (Å²) in [5.74, 6) is 0.807. The van der Waals surface area contributed by atoms with Gasteiger partial charge in [0, 0.05) is 11.4 Å². The quantitative estimate of drug-likeness (QED) is 0.851. The lowest BCUT2D eigenvalue weighted by atomic mass is 9.89. The van der Waals surface area contributed by atoms with Gasteiger partial charge in [0.15, 0.2) is 0 Å². The molecule has 19 heavy (non-hydrogen) atoms. The Bertz CT molecular complexity index is 435. The van der Waals surface area contributed by atoms with Crippen molar-refractivity contribution in [2.75, 3.05) is 6.54 Å². The Morgan fingerprint density at radius 1 is 1.53 bits per heavy atom. The predicted molar refractivity (Wildman–Crippen MR) is 81.0 cm³/mol. The average Bonchev–Trinajstić information content (AvgIpc) is 2.85. The number of alkyl halides is 1. The van der Waals surface area contributed by atoms with Crippen molar-refractivity contribution >= 4 is 33.4 Å². The Hall–Kier alpha value is -0.490. The van der Waals surface area contributed by atoms with Gasteiger partial charge in [-0.1, -0.05) is 40.7 Å². The van der Waals surface area contributed by atoms with Crippen LogP contribution in [0.25, 0.3) is 0 Å². The number of amides is 1. The molecule has 1 amide bonds. The topological polar surface area (TPSA) is 54.9 Å². The Labute approximate surface area is 126 Å². The van der Waals surface area contributed by atoms with Gasteiger partial charge in [-0.25, -0.2) is 0 Å². The van der Waals surface area contributed by atoms with Crippen LogP contribution in [0.4, 0.5) is 0 Å². The van der Waals surface area contributed by atoms with Crippen LogP contribution >= 0.6 is 27.5 Å². The van der Waals surface area contributed by atoms with E-state index in [1.165, 1.54) is 30.8 Å². The number of halogens is 1. The third-order valence-electron chi connectivity index (χ3n) is 3.54. The molecule has 4 nitrogen and oxygen atoms in total. The molecule has 0 saturated heterocycles. The van der Waals surface area contributed by atoms with E-state index in [9.17, 15) is 4.79 Å². The fourth-order valence-electron chi connectivity index (χ4n) is 2.46. The molecule has 0 radical (unpaired) electrons. The molecule has 1 aromatic heterocycles. The molecule has 6 heteroatoms. The molecular formula is C13H20BrN3OS. The second-order valence-electron chi connectivity index (χ2n) is 5.48. The molecule has 0 aliphatic heterocycles. The van der Waals surface area contributed by atoms with E-state index < -0.39 is 0 Å². The molecule has 1 fully saturated rings.